The van der Waals surface area contributed by atoms with Crippen LogP contribution in [0.4, 0.5) is 4.39 Å². The Labute approximate surface area is 203 Å². The zero-order valence-electron chi connectivity index (χ0n) is 20.3. The summed E-state index contributed by atoms with van der Waals surface area (Å²) in [5.74, 6) is -0.329. The highest BCUT2D eigenvalue weighted by molar-refractivity contribution is 6.01. The van der Waals surface area contributed by atoms with Gasteiger partial charge in [0.05, 0.1) is 24.7 Å². The van der Waals surface area contributed by atoms with E-state index in [2.05, 4.69) is 25.6 Å². The number of nitrogens with zero attached hydrogens (tertiary/aromatic N) is 5. The van der Waals surface area contributed by atoms with Gasteiger partial charge < -0.3 is 15.6 Å². The second kappa shape index (κ2) is 11.4. The monoisotopic (exact) mass is 479 g/mol. The van der Waals surface area contributed by atoms with E-state index >= 15 is 0 Å². The summed E-state index contributed by atoms with van der Waals surface area (Å²) in [4.78, 5) is 21.1. The van der Waals surface area contributed by atoms with Crippen LogP contribution in [0.25, 0.3) is 11.4 Å². The third-order valence-electron chi connectivity index (χ3n) is 5.54. The number of nitrogens with one attached hydrogen (secondary N) is 1. The standard InChI is InChI=1S/C25H30FN7O2/c1-5-25(3,4)24(34)30-21(23(27)29-6-2)15-28-14-18-13-22(20-11-12-35-32-20)33(31-18)16-17-9-7-8-10-19(17)26/h7-15H,5-6,16H2,1-4H3,(H2,27,29)(H,30,34)/b21-15+,28-14+. The van der Waals surface area contributed by atoms with Crippen molar-refractivity contribution in [3.05, 3.63) is 71.6 Å². The molecule has 3 aromatic rings. The van der Waals surface area contributed by atoms with Crippen molar-refractivity contribution in [1.29, 1.82) is 0 Å². The van der Waals surface area contributed by atoms with Crippen molar-refractivity contribution >= 4 is 18.0 Å². The van der Waals surface area contributed by atoms with Gasteiger partial charge in [-0.25, -0.2) is 4.39 Å². The number of hydrogen-bond donors (Lipinski definition) is 2. The number of benzene rings is 1. The molecular formula is C25H30FN7O2. The molecule has 0 spiro atoms. The molecule has 184 valence electrons. The molecule has 0 radical (unpaired) electrons. The lowest BCUT2D eigenvalue weighted by Gasteiger charge is -2.22. The number of hydrogen-bond acceptors (Lipinski definition) is 6. The van der Waals surface area contributed by atoms with Gasteiger partial charge in [-0.2, -0.15) is 5.10 Å². The summed E-state index contributed by atoms with van der Waals surface area (Å²) in [6.45, 7) is 8.14. The normalized spacial score (nSPS) is 12.9. The smallest absolute Gasteiger partial charge is 0.230 e. The van der Waals surface area contributed by atoms with Crippen molar-refractivity contribution in [2.24, 2.45) is 21.1 Å². The summed E-state index contributed by atoms with van der Waals surface area (Å²) < 4.78 is 20.8. The maximum atomic E-state index is 14.2. The molecule has 0 aliphatic rings. The summed E-state index contributed by atoms with van der Waals surface area (Å²) in [7, 11) is 0. The number of aromatic nitrogens is 3. The molecule has 0 saturated carbocycles. The van der Waals surface area contributed by atoms with E-state index in [0.717, 1.165) is 0 Å². The van der Waals surface area contributed by atoms with Gasteiger partial charge in [-0.05, 0) is 25.5 Å². The summed E-state index contributed by atoms with van der Waals surface area (Å²) in [5, 5.41) is 11.3. The van der Waals surface area contributed by atoms with Crippen LogP contribution in [0.1, 0.15) is 45.4 Å². The quantitative estimate of drug-likeness (QED) is 0.337. The number of carbonyl (C=O) groups is 1. The molecule has 9 nitrogen and oxygen atoms in total. The lowest BCUT2D eigenvalue weighted by molar-refractivity contribution is -0.128. The van der Waals surface area contributed by atoms with Crippen LogP contribution in [0.3, 0.4) is 0 Å². The molecule has 0 aliphatic heterocycles. The minimum atomic E-state index is -0.576. The van der Waals surface area contributed by atoms with E-state index in [4.69, 9.17) is 10.3 Å². The molecule has 0 unspecified atom stereocenters. The van der Waals surface area contributed by atoms with Crippen LogP contribution in [-0.4, -0.2) is 39.4 Å². The molecule has 3 rings (SSSR count). The lowest BCUT2D eigenvalue weighted by atomic mass is 9.89. The fourth-order valence-corrected chi connectivity index (χ4v) is 3.02. The van der Waals surface area contributed by atoms with Crippen LogP contribution in [0, 0.1) is 11.2 Å². The van der Waals surface area contributed by atoms with Crippen molar-refractivity contribution in [2.45, 2.75) is 40.7 Å². The fraction of sp³-hybridized carbons (Fsp3) is 0.320. The summed E-state index contributed by atoms with van der Waals surface area (Å²) in [6.07, 6.45) is 5.06. The van der Waals surface area contributed by atoms with Crippen LogP contribution >= 0.6 is 0 Å². The van der Waals surface area contributed by atoms with E-state index < -0.39 is 5.41 Å². The predicted molar refractivity (Wildman–Crippen MR) is 133 cm³/mol. The topological polar surface area (TPSA) is 124 Å². The highest BCUT2D eigenvalue weighted by atomic mass is 19.1. The summed E-state index contributed by atoms with van der Waals surface area (Å²) in [6, 6.07) is 9.96. The van der Waals surface area contributed by atoms with Gasteiger partial charge in [0.2, 0.25) is 5.91 Å². The van der Waals surface area contributed by atoms with Gasteiger partial charge >= 0.3 is 0 Å². The Morgan fingerprint density at radius 3 is 2.71 bits per heavy atom. The average molecular weight is 480 g/mol. The molecule has 1 aromatic carbocycles. The van der Waals surface area contributed by atoms with E-state index in [1.165, 1.54) is 24.7 Å². The van der Waals surface area contributed by atoms with Crippen molar-refractivity contribution < 1.29 is 13.7 Å². The second-order valence-corrected chi connectivity index (χ2v) is 8.46. The van der Waals surface area contributed by atoms with E-state index in [1.54, 1.807) is 35.0 Å². The number of amidine groups is 1. The van der Waals surface area contributed by atoms with Gasteiger partial charge in [-0.1, -0.05) is 44.1 Å². The highest BCUT2D eigenvalue weighted by Gasteiger charge is 2.26. The predicted octanol–water partition coefficient (Wildman–Crippen LogP) is 3.92. The van der Waals surface area contributed by atoms with E-state index in [1.807, 2.05) is 27.7 Å². The molecule has 2 heterocycles. The average Bonchev–Trinajstić information content (AvgIpc) is 3.50. The Kier molecular flexibility index (Phi) is 8.30. The molecule has 3 N–H and O–H groups in total. The Balaban J connectivity index is 1.91. The third kappa shape index (κ3) is 6.50. The molecule has 0 aliphatic carbocycles. The first-order chi connectivity index (χ1) is 16.7. The first kappa shape index (κ1) is 25.5. The zero-order valence-corrected chi connectivity index (χ0v) is 20.3. The Morgan fingerprint density at radius 1 is 1.29 bits per heavy atom. The molecule has 0 bridgehead atoms. The van der Waals surface area contributed by atoms with Crippen LogP contribution in [0.15, 0.2) is 69.1 Å². The molecule has 1 amide bonds. The molecule has 0 saturated heterocycles. The minimum absolute atomic E-state index is 0.179. The Hall–Kier alpha value is -4.08. The number of amides is 1. The number of nitrogens with two attached hydrogens (primary N) is 1. The second-order valence-electron chi connectivity index (χ2n) is 8.46. The maximum absolute atomic E-state index is 14.2. The van der Waals surface area contributed by atoms with Gasteiger partial charge in [0, 0.05) is 23.6 Å². The molecule has 0 fully saturated rings. The molecule has 35 heavy (non-hydrogen) atoms. The molecule has 0 atom stereocenters. The number of halogens is 1. The fourth-order valence-electron chi connectivity index (χ4n) is 3.02. The molecular weight excluding hydrogens is 449 g/mol. The highest BCUT2D eigenvalue weighted by Crippen LogP contribution is 2.21. The first-order valence-electron chi connectivity index (χ1n) is 11.3. The van der Waals surface area contributed by atoms with Gasteiger partial charge in [0.15, 0.2) is 0 Å². The SMILES string of the molecule is CC\N=C(N)/C(=C\N=C\c1cc(-c2ccon2)n(Cc2ccccc2F)n1)NC(=O)C(C)(C)CC. The van der Waals surface area contributed by atoms with Crippen LogP contribution < -0.4 is 11.1 Å². The summed E-state index contributed by atoms with van der Waals surface area (Å²) in [5.41, 5.74) is 7.95. The van der Waals surface area contributed by atoms with Gasteiger partial charge in [-0.3, -0.25) is 19.5 Å². The lowest BCUT2D eigenvalue weighted by Crippen LogP contribution is -2.39. The number of carbonyl (C=O) groups excluding carboxylic acids is 1. The van der Waals surface area contributed by atoms with Crippen molar-refractivity contribution in [3.63, 3.8) is 0 Å². The maximum Gasteiger partial charge on any atom is 0.230 e. The first-order valence-corrected chi connectivity index (χ1v) is 11.3. The molecule has 10 heteroatoms. The zero-order chi connectivity index (χ0) is 25.4. The Morgan fingerprint density at radius 2 is 2.06 bits per heavy atom. The van der Waals surface area contributed by atoms with Gasteiger partial charge in [0.1, 0.15) is 35.0 Å². The van der Waals surface area contributed by atoms with Crippen LogP contribution in [0.5, 0.6) is 0 Å². The largest absolute Gasteiger partial charge is 0.382 e. The van der Waals surface area contributed by atoms with E-state index in [-0.39, 0.29) is 24.1 Å². The van der Waals surface area contributed by atoms with Crippen molar-refractivity contribution in [2.75, 3.05) is 6.54 Å². The minimum Gasteiger partial charge on any atom is -0.382 e. The van der Waals surface area contributed by atoms with Crippen molar-refractivity contribution in [3.8, 4) is 11.4 Å². The molecule has 2 aromatic heterocycles. The summed E-state index contributed by atoms with van der Waals surface area (Å²) >= 11 is 0. The number of aliphatic imine (C=N–C) groups is 2. The van der Waals surface area contributed by atoms with E-state index in [0.29, 0.717) is 41.3 Å². The van der Waals surface area contributed by atoms with Crippen LogP contribution in [0.2, 0.25) is 0 Å². The third-order valence-corrected chi connectivity index (χ3v) is 5.54. The van der Waals surface area contributed by atoms with Crippen LogP contribution in [-0.2, 0) is 11.3 Å². The van der Waals surface area contributed by atoms with Gasteiger partial charge in [-0.15, -0.1) is 0 Å². The Bertz CT molecular complexity index is 1240. The van der Waals surface area contributed by atoms with Crippen molar-refractivity contribution in [1.82, 2.24) is 20.3 Å². The van der Waals surface area contributed by atoms with Gasteiger partial charge in [0.25, 0.3) is 0 Å². The number of rotatable bonds is 10. The van der Waals surface area contributed by atoms with E-state index in [9.17, 15) is 9.18 Å².